The predicted molar refractivity (Wildman–Crippen MR) is 110 cm³/mol. The number of aromatic amines is 1. The van der Waals surface area contributed by atoms with E-state index in [2.05, 4.69) is 4.98 Å². The molecule has 156 valence electrons. The Balaban J connectivity index is 1.48. The van der Waals surface area contributed by atoms with E-state index >= 15 is 0 Å². The van der Waals surface area contributed by atoms with Crippen LogP contribution in [0.5, 0.6) is 11.5 Å². The molecule has 7 nitrogen and oxygen atoms in total. The van der Waals surface area contributed by atoms with E-state index in [9.17, 15) is 9.59 Å². The molecule has 0 saturated carbocycles. The number of hydrogen-bond donors (Lipinski definition) is 2. The van der Waals surface area contributed by atoms with E-state index in [0.29, 0.717) is 31.0 Å². The van der Waals surface area contributed by atoms with Gasteiger partial charge < -0.3 is 24.3 Å². The van der Waals surface area contributed by atoms with E-state index in [4.69, 9.17) is 9.47 Å². The number of amides is 1. The molecular weight excluding hydrogens is 370 g/mol. The highest BCUT2D eigenvalue weighted by Gasteiger charge is 2.28. The number of Topliss-reactive ketones (excluding diaryl/α,β-unsaturated/α-hetero) is 1. The lowest BCUT2D eigenvalue weighted by atomic mass is 10.1. The van der Waals surface area contributed by atoms with Crippen molar-refractivity contribution in [2.45, 2.75) is 20.8 Å². The third-order valence-corrected chi connectivity index (χ3v) is 5.54. The Bertz CT molecular complexity index is 865. The van der Waals surface area contributed by atoms with Gasteiger partial charge in [0.1, 0.15) is 30.3 Å². The predicted octanol–water partition coefficient (Wildman–Crippen LogP) is 1.26. The zero-order chi connectivity index (χ0) is 21.0. The quantitative estimate of drug-likeness (QED) is 0.686. The van der Waals surface area contributed by atoms with Crippen LogP contribution in [0.1, 0.15) is 39.0 Å². The number of rotatable bonds is 7. The maximum atomic E-state index is 12.9. The molecule has 2 aromatic rings. The molecule has 1 fully saturated rings. The Kier molecular flexibility index (Phi) is 6.59. The minimum Gasteiger partial charge on any atom is -0.497 e. The molecule has 1 aliphatic rings. The zero-order valence-electron chi connectivity index (χ0n) is 17.6. The summed E-state index contributed by atoms with van der Waals surface area (Å²) in [4.78, 5) is 31.1. The molecular formula is C22H30N3O4+. The maximum Gasteiger partial charge on any atom is 0.270 e. The summed E-state index contributed by atoms with van der Waals surface area (Å²) in [5, 5.41) is 0. The normalized spacial score (nSPS) is 14.7. The van der Waals surface area contributed by atoms with Crippen LogP contribution in [0.4, 0.5) is 0 Å². The van der Waals surface area contributed by atoms with E-state index in [-0.39, 0.29) is 11.7 Å². The van der Waals surface area contributed by atoms with Crippen LogP contribution in [0.25, 0.3) is 0 Å². The topological polar surface area (TPSA) is 76.1 Å². The van der Waals surface area contributed by atoms with E-state index in [1.165, 1.54) is 11.8 Å². The number of quaternary nitrogens is 1. The van der Waals surface area contributed by atoms with Gasteiger partial charge in [-0.1, -0.05) is 0 Å². The first-order valence-corrected chi connectivity index (χ1v) is 10.0. The fourth-order valence-corrected chi connectivity index (χ4v) is 3.91. The largest absolute Gasteiger partial charge is 0.497 e. The van der Waals surface area contributed by atoms with Gasteiger partial charge in [0.15, 0.2) is 5.78 Å². The number of carbonyl (C=O) groups is 2. The molecule has 3 rings (SSSR count). The maximum absolute atomic E-state index is 12.9. The van der Waals surface area contributed by atoms with E-state index < -0.39 is 0 Å². The molecule has 0 atom stereocenters. The lowest BCUT2D eigenvalue weighted by molar-refractivity contribution is -0.903. The van der Waals surface area contributed by atoms with E-state index in [0.717, 1.165) is 42.4 Å². The summed E-state index contributed by atoms with van der Waals surface area (Å²) in [6.45, 7) is 9.90. The Labute approximate surface area is 171 Å². The number of piperazine rings is 1. The first-order chi connectivity index (χ1) is 13.9. The van der Waals surface area contributed by atoms with Crippen molar-refractivity contribution >= 4 is 11.7 Å². The molecule has 0 bridgehead atoms. The number of carbonyl (C=O) groups excluding carboxylic acids is 2. The number of hydrogen-bond acceptors (Lipinski definition) is 4. The molecule has 0 aliphatic carbocycles. The van der Waals surface area contributed by atoms with Gasteiger partial charge in [-0.3, -0.25) is 9.59 Å². The Morgan fingerprint density at radius 3 is 2.28 bits per heavy atom. The van der Waals surface area contributed by atoms with Gasteiger partial charge in [-0.25, -0.2) is 0 Å². The number of aromatic nitrogens is 1. The highest BCUT2D eigenvalue weighted by molar-refractivity contribution is 6.02. The van der Waals surface area contributed by atoms with Crippen LogP contribution >= 0.6 is 0 Å². The van der Waals surface area contributed by atoms with Crippen LogP contribution in [0.2, 0.25) is 0 Å². The smallest absolute Gasteiger partial charge is 0.270 e. The number of methoxy groups -OCH3 is 1. The van der Waals surface area contributed by atoms with Gasteiger partial charge >= 0.3 is 0 Å². The third kappa shape index (κ3) is 4.79. The van der Waals surface area contributed by atoms with Gasteiger partial charge in [0.25, 0.3) is 5.91 Å². The molecule has 0 unspecified atom stereocenters. The summed E-state index contributed by atoms with van der Waals surface area (Å²) < 4.78 is 11.0. The van der Waals surface area contributed by atoms with Crippen molar-refractivity contribution in [2.24, 2.45) is 0 Å². The molecule has 0 spiro atoms. The van der Waals surface area contributed by atoms with Crippen molar-refractivity contribution in [3.05, 3.63) is 46.8 Å². The molecule has 1 saturated heterocycles. The highest BCUT2D eigenvalue weighted by atomic mass is 16.5. The van der Waals surface area contributed by atoms with Crippen molar-refractivity contribution in [1.29, 1.82) is 0 Å². The van der Waals surface area contributed by atoms with Crippen LogP contribution in [0.15, 0.2) is 24.3 Å². The number of aryl methyl sites for hydroxylation is 1. The summed E-state index contributed by atoms with van der Waals surface area (Å²) in [6.07, 6.45) is 0. The van der Waals surface area contributed by atoms with Crippen LogP contribution in [0.3, 0.4) is 0 Å². The van der Waals surface area contributed by atoms with Gasteiger partial charge in [0.2, 0.25) is 0 Å². The number of benzene rings is 1. The number of nitrogens with zero attached hydrogens (tertiary/aromatic N) is 1. The van der Waals surface area contributed by atoms with Crippen molar-refractivity contribution in [1.82, 2.24) is 9.88 Å². The summed E-state index contributed by atoms with van der Waals surface area (Å²) in [7, 11) is 1.64. The fraction of sp³-hybridized carbons (Fsp3) is 0.455. The second-order valence-corrected chi connectivity index (χ2v) is 7.50. The first kappa shape index (κ1) is 20.9. The second kappa shape index (κ2) is 9.13. The molecule has 1 aromatic heterocycles. The fourth-order valence-electron chi connectivity index (χ4n) is 3.91. The summed E-state index contributed by atoms with van der Waals surface area (Å²) in [5.41, 5.74) is 2.69. The molecule has 1 aromatic carbocycles. The molecule has 2 heterocycles. The molecule has 2 N–H and O–H groups in total. The standard InChI is InChI=1S/C22H29N3O4/c1-15-20(17(3)26)16(2)23-21(15)22(27)25-11-9-24(10-12-25)13-14-29-19-7-5-18(28-4)6-8-19/h5-8,23H,9-14H2,1-4H3/p+1. The Morgan fingerprint density at radius 2 is 1.72 bits per heavy atom. The van der Waals surface area contributed by atoms with Gasteiger partial charge in [0, 0.05) is 11.3 Å². The molecule has 0 radical (unpaired) electrons. The average Bonchev–Trinajstić information content (AvgIpc) is 3.02. The number of H-pyrrole nitrogens is 1. The minimum atomic E-state index is -0.0216. The number of ketones is 1. The zero-order valence-corrected chi connectivity index (χ0v) is 17.6. The summed E-state index contributed by atoms with van der Waals surface area (Å²) >= 11 is 0. The van der Waals surface area contributed by atoms with Gasteiger partial charge in [-0.05, 0) is 50.6 Å². The molecule has 1 aliphatic heterocycles. The van der Waals surface area contributed by atoms with Gasteiger partial charge in [-0.15, -0.1) is 0 Å². The second-order valence-electron chi connectivity index (χ2n) is 7.50. The molecule has 29 heavy (non-hydrogen) atoms. The monoisotopic (exact) mass is 400 g/mol. The molecule has 7 heteroatoms. The van der Waals surface area contributed by atoms with E-state index in [1.807, 2.05) is 43.0 Å². The SMILES string of the molecule is COc1ccc(OCC[NH+]2CCN(C(=O)c3[nH]c(C)c(C(C)=O)c3C)CC2)cc1. The van der Waals surface area contributed by atoms with Gasteiger partial charge in [0.05, 0.1) is 33.3 Å². The van der Waals surface area contributed by atoms with Gasteiger partial charge in [-0.2, -0.15) is 0 Å². The van der Waals surface area contributed by atoms with Crippen LogP contribution in [-0.2, 0) is 0 Å². The lowest BCUT2D eigenvalue weighted by Gasteiger charge is -2.32. The number of nitrogens with one attached hydrogen (secondary N) is 2. The average molecular weight is 400 g/mol. The van der Waals surface area contributed by atoms with Crippen LogP contribution < -0.4 is 14.4 Å². The third-order valence-electron chi connectivity index (χ3n) is 5.54. The molecule has 1 amide bonds. The highest BCUT2D eigenvalue weighted by Crippen LogP contribution is 2.20. The Morgan fingerprint density at radius 1 is 1.10 bits per heavy atom. The van der Waals surface area contributed by atoms with Crippen molar-refractivity contribution in [2.75, 3.05) is 46.4 Å². The number of ether oxygens (including phenoxy) is 2. The lowest BCUT2D eigenvalue weighted by Crippen LogP contribution is -3.15. The van der Waals surface area contributed by atoms with E-state index in [1.54, 1.807) is 7.11 Å². The Hall–Kier alpha value is -2.80. The first-order valence-electron chi connectivity index (χ1n) is 10.0. The summed E-state index contributed by atoms with van der Waals surface area (Å²) in [5.74, 6) is 1.61. The van der Waals surface area contributed by atoms with Crippen LogP contribution in [0, 0.1) is 13.8 Å². The van der Waals surface area contributed by atoms with Crippen molar-refractivity contribution in [3.63, 3.8) is 0 Å². The van der Waals surface area contributed by atoms with Crippen LogP contribution in [-0.4, -0.2) is 68.0 Å². The minimum absolute atomic E-state index is 0.0126. The van der Waals surface area contributed by atoms with Crippen molar-refractivity contribution in [3.8, 4) is 11.5 Å². The van der Waals surface area contributed by atoms with Crippen molar-refractivity contribution < 1.29 is 24.0 Å². The summed E-state index contributed by atoms with van der Waals surface area (Å²) in [6, 6.07) is 7.57.